The van der Waals surface area contributed by atoms with Crippen LogP contribution < -0.4 is 0 Å². The summed E-state index contributed by atoms with van der Waals surface area (Å²) in [5, 5.41) is 20.3. The van der Waals surface area contributed by atoms with Gasteiger partial charge in [-0.1, -0.05) is 17.7 Å². The SMILES string of the molecule is CCn1c(O)c2c(c1O)CC(Cl)=CC2. The largest absolute Gasteiger partial charge is 0.494 e. The van der Waals surface area contributed by atoms with Gasteiger partial charge in [0.2, 0.25) is 0 Å². The normalized spacial score (nSPS) is 15.1. The standard InChI is InChI=1S/C10H12ClNO2/c1-2-12-9(13)7-4-3-6(11)5-8(7)10(12)14/h3,13-14H,2,4-5H2,1H3. The van der Waals surface area contributed by atoms with Gasteiger partial charge < -0.3 is 10.2 Å². The molecule has 14 heavy (non-hydrogen) atoms. The fourth-order valence-corrected chi connectivity index (χ4v) is 2.06. The number of aromatic nitrogens is 1. The van der Waals surface area contributed by atoms with Crippen LogP contribution in [0.2, 0.25) is 0 Å². The second-order valence-corrected chi connectivity index (χ2v) is 3.87. The van der Waals surface area contributed by atoms with Crippen molar-refractivity contribution in [2.24, 2.45) is 0 Å². The summed E-state index contributed by atoms with van der Waals surface area (Å²) < 4.78 is 1.49. The Morgan fingerprint density at radius 2 is 2.00 bits per heavy atom. The van der Waals surface area contributed by atoms with Gasteiger partial charge in [0.15, 0.2) is 11.8 Å². The molecule has 0 radical (unpaired) electrons. The lowest BCUT2D eigenvalue weighted by Gasteiger charge is -2.07. The van der Waals surface area contributed by atoms with Gasteiger partial charge in [0.05, 0.1) is 0 Å². The Hall–Kier alpha value is -1.09. The minimum atomic E-state index is 0.145. The molecule has 0 amide bonds. The highest BCUT2D eigenvalue weighted by Gasteiger charge is 2.23. The fraction of sp³-hybridized carbons (Fsp3) is 0.400. The maximum absolute atomic E-state index is 9.79. The molecule has 0 saturated heterocycles. The lowest BCUT2D eigenvalue weighted by Crippen LogP contribution is -1.96. The Kier molecular flexibility index (Phi) is 2.19. The molecule has 0 bridgehead atoms. The van der Waals surface area contributed by atoms with E-state index >= 15 is 0 Å². The number of allylic oxidation sites excluding steroid dienone is 2. The van der Waals surface area contributed by atoms with E-state index < -0.39 is 0 Å². The predicted molar refractivity (Wildman–Crippen MR) is 54.8 cm³/mol. The summed E-state index contributed by atoms with van der Waals surface area (Å²) in [6, 6.07) is 0. The number of fused-ring (bicyclic) bond motifs is 1. The van der Waals surface area contributed by atoms with Crippen LogP contribution in [0.4, 0.5) is 0 Å². The third kappa shape index (κ3) is 1.20. The Labute approximate surface area is 87.2 Å². The molecule has 0 aliphatic heterocycles. The van der Waals surface area contributed by atoms with Crippen molar-refractivity contribution >= 4 is 11.6 Å². The third-order valence-electron chi connectivity index (χ3n) is 2.61. The third-order valence-corrected chi connectivity index (χ3v) is 2.89. The highest BCUT2D eigenvalue weighted by molar-refractivity contribution is 6.29. The van der Waals surface area contributed by atoms with Crippen molar-refractivity contribution in [1.29, 1.82) is 0 Å². The van der Waals surface area contributed by atoms with Crippen molar-refractivity contribution in [3.63, 3.8) is 0 Å². The van der Waals surface area contributed by atoms with Gasteiger partial charge in [-0.2, -0.15) is 0 Å². The molecule has 3 nitrogen and oxygen atoms in total. The molecule has 1 aliphatic rings. The van der Waals surface area contributed by atoms with E-state index in [9.17, 15) is 10.2 Å². The lowest BCUT2D eigenvalue weighted by atomic mass is 10.0. The molecule has 0 aromatic carbocycles. The van der Waals surface area contributed by atoms with Crippen LogP contribution in [0.3, 0.4) is 0 Å². The molecule has 1 heterocycles. The summed E-state index contributed by atoms with van der Waals surface area (Å²) in [6.07, 6.45) is 2.98. The molecular formula is C10H12ClNO2. The summed E-state index contributed by atoms with van der Waals surface area (Å²) in [6.45, 7) is 2.43. The molecule has 0 fully saturated rings. The number of hydrogen-bond acceptors (Lipinski definition) is 2. The van der Waals surface area contributed by atoms with Crippen molar-refractivity contribution in [3.8, 4) is 11.8 Å². The highest BCUT2D eigenvalue weighted by Crippen LogP contribution is 2.38. The topological polar surface area (TPSA) is 45.4 Å². The van der Waals surface area contributed by atoms with Crippen LogP contribution in [0.5, 0.6) is 11.8 Å². The number of nitrogens with zero attached hydrogens (tertiary/aromatic N) is 1. The Morgan fingerprint density at radius 1 is 1.36 bits per heavy atom. The zero-order valence-corrected chi connectivity index (χ0v) is 8.67. The highest BCUT2D eigenvalue weighted by atomic mass is 35.5. The average Bonchev–Trinajstić information content (AvgIpc) is 2.39. The van der Waals surface area contributed by atoms with E-state index in [0.717, 1.165) is 16.2 Å². The maximum atomic E-state index is 9.79. The zero-order chi connectivity index (χ0) is 10.3. The maximum Gasteiger partial charge on any atom is 0.197 e. The van der Waals surface area contributed by atoms with Gasteiger partial charge in [-0.3, -0.25) is 4.57 Å². The second kappa shape index (κ2) is 3.24. The van der Waals surface area contributed by atoms with E-state index in [-0.39, 0.29) is 11.8 Å². The van der Waals surface area contributed by atoms with Crippen LogP contribution in [0.25, 0.3) is 0 Å². The molecule has 0 atom stereocenters. The minimum Gasteiger partial charge on any atom is -0.494 e. The predicted octanol–water partition coefficient (Wildman–Crippen LogP) is 2.14. The van der Waals surface area contributed by atoms with Gasteiger partial charge in [-0.25, -0.2) is 0 Å². The first-order valence-corrected chi connectivity index (χ1v) is 4.99. The molecule has 2 rings (SSSR count). The van der Waals surface area contributed by atoms with Crippen molar-refractivity contribution in [1.82, 2.24) is 4.57 Å². The van der Waals surface area contributed by atoms with Gasteiger partial charge in [-0.15, -0.1) is 0 Å². The number of rotatable bonds is 1. The smallest absolute Gasteiger partial charge is 0.197 e. The molecule has 1 aromatic rings. The van der Waals surface area contributed by atoms with E-state index in [0.29, 0.717) is 19.4 Å². The Morgan fingerprint density at radius 3 is 2.64 bits per heavy atom. The Balaban J connectivity index is 2.55. The summed E-state index contributed by atoms with van der Waals surface area (Å²) in [4.78, 5) is 0. The van der Waals surface area contributed by atoms with E-state index in [1.807, 2.05) is 13.0 Å². The second-order valence-electron chi connectivity index (χ2n) is 3.38. The molecular weight excluding hydrogens is 202 g/mol. The molecule has 76 valence electrons. The van der Waals surface area contributed by atoms with Gasteiger partial charge in [0, 0.05) is 29.1 Å². The minimum absolute atomic E-state index is 0.145. The van der Waals surface area contributed by atoms with Crippen LogP contribution in [0.15, 0.2) is 11.1 Å². The van der Waals surface area contributed by atoms with Crippen molar-refractivity contribution in [2.45, 2.75) is 26.3 Å². The van der Waals surface area contributed by atoms with Crippen LogP contribution in [-0.4, -0.2) is 14.8 Å². The van der Waals surface area contributed by atoms with E-state index in [1.54, 1.807) is 0 Å². The van der Waals surface area contributed by atoms with Gasteiger partial charge in [0.1, 0.15) is 0 Å². The molecule has 1 aromatic heterocycles. The van der Waals surface area contributed by atoms with E-state index in [2.05, 4.69) is 0 Å². The quantitative estimate of drug-likeness (QED) is 0.751. The van der Waals surface area contributed by atoms with Crippen LogP contribution in [0, 0.1) is 0 Å². The van der Waals surface area contributed by atoms with Crippen molar-refractivity contribution in [3.05, 3.63) is 22.2 Å². The van der Waals surface area contributed by atoms with E-state index in [4.69, 9.17) is 11.6 Å². The fourth-order valence-electron chi connectivity index (χ4n) is 1.85. The molecule has 1 aliphatic carbocycles. The van der Waals surface area contributed by atoms with E-state index in [1.165, 1.54) is 4.57 Å². The van der Waals surface area contributed by atoms with Gasteiger partial charge in [0.25, 0.3) is 0 Å². The van der Waals surface area contributed by atoms with Gasteiger partial charge >= 0.3 is 0 Å². The van der Waals surface area contributed by atoms with Crippen molar-refractivity contribution in [2.75, 3.05) is 0 Å². The average molecular weight is 214 g/mol. The summed E-state index contributed by atoms with van der Waals surface area (Å²) >= 11 is 5.88. The monoisotopic (exact) mass is 213 g/mol. The molecule has 0 saturated carbocycles. The van der Waals surface area contributed by atoms with Crippen molar-refractivity contribution < 1.29 is 10.2 Å². The first-order chi connectivity index (χ1) is 6.65. The zero-order valence-electron chi connectivity index (χ0n) is 7.92. The van der Waals surface area contributed by atoms with Crippen LogP contribution in [0.1, 0.15) is 18.1 Å². The summed E-state index contributed by atoms with van der Waals surface area (Å²) in [5.74, 6) is 0.312. The number of aromatic hydroxyl groups is 2. The number of hydrogen-bond donors (Lipinski definition) is 2. The first kappa shape index (κ1) is 9.46. The Bertz CT molecular complexity index is 407. The summed E-state index contributed by atoms with van der Waals surface area (Å²) in [7, 11) is 0. The molecule has 0 unspecified atom stereocenters. The molecule has 4 heteroatoms. The lowest BCUT2D eigenvalue weighted by molar-refractivity contribution is 0.371. The molecule has 0 spiro atoms. The number of halogens is 1. The van der Waals surface area contributed by atoms with Crippen LogP contribution in [-0.2, 0) is 19.4 Å². The van der Waals surface area contributed by atoms with Crippen LogP contribution >= 0.6 is 11.6 Å². The van der Waals surface area contributed by atoms with Gasteiger partial charge in [-0.05, 0) is 13.3 Å². The summed E-state index contributed by atoms with van der Waals surface area (Å²) in [5.41, 5.74) is 1.56. The molecule has 2 N–H and O–H groups in total. The first-order valence-electron chi connectivity index (χ1n) is 4.61.